The van der Waals surface area contributed by atoms with Crippen LogP contribution in [0.15, 0.2) is 0 Å². The van der Waals surface area contributed by atoms with E-state index in [1.54, 1.807) is 0 Å². The lowest BCUT2D eigenvalue weighted by molar-refractivity contribution is -0.150. The minimum atomic E-state index is -0.151. The lowest BCUT2D eigenvalue weighted by atomic mass is 10.1. The van der Waals surface area contributed by atoms with E-state index in [9.17, 15) is 9.59 Å². The number of esters is 2. The zero-order valence-electron chi connectivity index (χ0n) is 17.5. The van der Waals surface area contributed by atoms with E-state index in [1.165, 1.54) is 44.9 Å². The summed E-state index contributed by atoms with van der Waals surface area (Å²) >= 11 is 0. The van der Waals surface area contributed by atoms with Crippen LogP contribution in [0, 0.1) is 0 Å². The molecule has 0 rings (SSSR count). The summed E-state index contributed by atoms with van der Waals surface area (Å²) in [4.78, 5) is 23.3. The summed E-state index contributed by atoms with van der Waals surface area (Å²) < 4.78 is 10.6. The second-order valence-corrected chi connectivity index (χ2v) is 7.18. The third-order valence-electron chi connectivity index (χ3n) is 4.73. The predicted molar refractivity (Wildman–Crippen MR) is 107 cm³/mol. The minimum absolute atomic E-state index is 0.0313. The van der Waals surface area contributed by atoms with Gasteiger partial charge in [0.2, 0.25) is 0 Å². The molecule has 0 amide bonds. The fourth-order valence-electron chi connectivity index (χ4n) is 2.91. The highest BCUT2D eigenvalue weighted by atomic mass is 16.5. The Hall–Kier alpha value is -1.06. The molecule has 0 aliphatic rings. The Bertz CT molecular complexity index is 337. The van der Waals surface area contributed by atoms with Crippen molar-refractivity contribution in [3.05, 3.63) is 0 Å². The first-order valence-electron chi connectivity index (χ1n) is 11.0. The molecule has 0 N–H and O–H groups in total. The van der Waals surface area contributed by atoms with Gasteiger partial charge >= 0.3 is 11.9 Å². The van der Waals surface area contributed by atoms with E-state index in [4.69, 9.17) is 9.47 Å². The van der Waals surface area contributed by atoms with Crippen molar-refractivity contribution in [1.29, 1.82) is 0 Å². The molecule has 0 aromatic carbocycles. The zero-order chi connectivity index (χ0) is 19.5. The number of hydrogen-bond acceptors (Lipinski definition) is 4. The van der Waals surface area contributed by atoms with Crippen LogP contribution in [0.25, 0.3) is 0 Å². The summed E-state index contributed by atoms with van der Waals surface area (Å²) in [6.07, 6.45) is 15.3. The summed E-state index contributed by atoms with van der Waals surface area (Å²) in [5, 5.41) is 0. The van der Waals surface area contributed by atoms with Crippen LogP contribution in [0.4, 0.5) is 0 Å². The molecule has 0 saturated heterocycles. The number of rotatable bonds is 18. The molecule has 154 valence electrons. The van der Waals surface area contributed by atoms with E-state index in [-0.39, 0.29) is 18.0 Å². The van der Waals surface area contributed by atoms with E-state index in [0.29, 0.717) is 32.3 Å². The largest absolute Gasteiger partial charge is 0.466 e. The second kappa shape index (κ2) is 18.7. The van der Waals surface area contributed by atoms with E-state index >= 15 is 0 Å². The summed E-state index contributed by atoms with van der Waals surface area (Å²) in [7, 11) is 0. The first-order valence-corrected chi connectivity index (χ1v) is 11.0. The highest BCUT2D eigenvalue weighted by molar-refractivity contribution is 5.70. The average Bonchev–Trinajstić information content (AvgIpc) is 2.64. The molecule has 0 unspecified atom stereocenters. The van der Waals surface area contributed by atoms with Crippen molar-refractivity contribution in [3.63, 3.8) is 0 Å². The molecule has 26 heavy (non-hydrogen) atoms. The van der Waals surface area contributed by atoms with Crippen LogP contribution in [0.2, 0.25) is 0 Å². The van der Waals surface area contributed by atoms with Gasteiger partial charge in [0.15, 0.2) is 0 Å². The molecular weight excluding hydrogens is 328 g/mol. The highest BCUT2D eigenvalue weighted by Gasteiger charge is 2.10. The molecule has 4 heteroatoms. The van der Waals surface area contributed by atoms with Gasteiger partial charge in [-0.15, -0.1) is 0 Å². The lowest BCUT2D eigenvalue weighted by Gasteiger charge is -2.13. The molecule has 4 nitrogen and oxygen atoms in total. The summed E-state index contributed by atoms with van der Waals surface area (Å²) in [5.41, 5.74) is 0. The molecule has 0 radical (unpaired) electrons. The molecule has 0 aliphatic heterocycles. The highest BCUT2D eigenvalue weighted by Crippen LogP contribution is 2.10. The first-order chi connectivity index (χ1) is 12.6. The topological polar surface area (TPSA) is 52.6 Å². The summed E-state index contributed by atoms with van der Waals surface area (Å²) in [6, 6.07) is 0. The van der Waals surface area contributed by atoms with Crippen LogP contribution in [0.5, 0.6) is 0 Å². The number of hydrogen-bond donors (Lipinski definition) is 0. The number of carbonyl (C=O) groups excluding carboxylic acids is 2. The molecule has 0 spiro atoms. The van der Waals surface area contributed by atoms with Crippen LogP contribution in [0.3, 0.4) is 0 Å². The van der Waals surface area contributed by atoms with Gasteiger partial charge in [-0.2, -0.15) is 0 Å². The average molecular weight is 371 g/mol. The minimum Gasteiger partial charge on any atom is -0.466 e. The molecule has 0 aromatic rings. The maximum absolute atomic E-state index is 11.7. The monoisotopic (exact) mass is 370 g/mol. The Morgan fingerprint density at radius 3 is 1.69 bits per heavy atom. The Kier molecular flexibility index (Phi) is 18.0. The van der Waals surface area contributed by atoms with E-state index in [0.717, 1.165) is 25.7 Å². The van der Waals surface area contributed by atoms with E-state index < -0.39 is 0 Å². The SMILES string of the molecule is CCCCCCCCCCCOC(=O)CCCCC(=O)OC(CC)CC. The Morgan fingerprint density at radius 2 is 1.15 bits per heavy atom. The van der Waals surface area contributed by atoms with Crippen molar-refractivity contribution in [3.8, 4) is 0 Å². The van der Waals surface area contributed by atoms with Crippen molar-refractivity contribution >= 4 is 11.9 Å². The molecule has 0 atom stereocenters. The van der Waals surface area contributed by atoms with Crippen LogP contribution in [-0.2, 0) is 19.1 Å². The van der Waals surface area contributed by atoms with Gasteiger partial charge < -0.3 is 9.47 Å². The lowest BCUT2D eigenvalue weighted by Crippen LogP contribution is -2.16. The Balaban J connectivity index is 3.38. The fraction of sp³-hybridized carbons (Fsp3) is 0.909. The van der Waals surface area contributed by atoms with Gasteiger partial charge in [0.25, 0.3) is 0 Å². The van der Waals surface area contributed by atoms with Crippen molar-refractivity contribution < 1.29 is 19.1 Å². The summed E-state index contributed by atoms with van der Waals surface area (Å²) in [5.74, 6) is -0.292. The zero-order valence-corrected chi connectivity index (χ0v) is 17.5. The normalized spacial score (nSPS) is 10.9. The number of unbranched alkanes of at least 4 members (excludes halogenated alkanes) is 9. The van der Waals surface area contributed by atoms with Gasteiger partial charge in [0.1, 0.15) is 6.10 Å². The molecule has 0 fully saturated rings. The Labute approximate surface area is 161 Å². The summed E-state index contributed by atoms with van der Waals surface area (Å²) in [6.45, 7) is 6.81. The Morgan fingerprint density at radius 1 is 0.654 bits per heavy atom. The van der Waals surface area contributed by atoms with Crippen molar-refractivity contribution in [1.82, 2.24) is 0 Å². The molecule has 0 saturated carbocycles. The van der Waals surface area contributed by atoms with Crippen molar-refractivity contribution in [2.24, 2.45) is 0 Å². The van der Waals surface area contributed by atoms with E-state index in [1.807, 2.05) is 13.8 Å². The quantitative estimate of drug-likeness (QED) is 0.208. The second-order valence-electron chi connectivity index (χ2n) is 7.18. The van der Waals surface area contributed by atoms with Gasteiger partial charge in [0.05, 0.1) is 6.61 Å². The third-order valence-corrected chi connectivity index (χ3v) is 4.73. The maximum Gasteiger partial charge on any atom is 0.306 e. The molecule has 0 bridgehead atoms. The van der Waals surface area contributed by atoms with Crippen LogP contribution in [-0.4, -0.2) is 24.6 Å². The standard InChI is InChI=1S/C22H42O4/c1-4-7-8-9-10-11-12-13-16-19-25-21(23)17-14-15-18-22(24)26-20(5-2)6-3/h20H,4-19H2,1-3H3. The van der Waals surface area contributed by atoms with Crippen LogP contribution >= 0.6 is 0 Å². The van der Waals surface area contributed by atoms with Gasteiger partial charge in [0, 0.05) is 12.8 Å². The first kappa shape index (κ1) is 24.9. The van der Waals surface area contributed by atoms with Gasteiger partial charge in [-0.25, -0.2) is 0 Å². The maximum atomic E-state index is 11.7. The van der Waals surface area contributed by atoms with Crippen molar-refractivity contribution in [2.75, 3.05) is 6.61 Å². The fourth-order valence-corrected chi connectivity index (χ4v) is 2.91. The van der Waals surface area contributed by atoms with Crippen LogP contribution < -0.4 is 0 Å². The smallest absolute Gasteiger partial charge is 0.306 e. The van der Waals surface area contributed by atoms with Crippen LogP contribution in [0.1, 0.15) is 117 Å². The van der Waals surface area contributed by atoms with Gasteiger partial charge in [-0.05, 0) is 32.1 Å². The van der Waals surface area contributed by atoms with E-state index in [2.05, 4.69) is 6.92 Å². The van der Waals surface area contributed by atoms with Gasteiger partial charge in [-0.3, -0.25) is 9.59 Å². The molecular formula is C22H42O4. The number of ether oxygens (including phenoxy) is 2. The number of carbonyl (C=O) groups is 2. The van der Waals surface area contributed by atoms with Gasteiger partial charge in [-0.1, -0.05) is 72.1 Å². The predicted octanol–water partition coefficient (Wildman–Crippen LogP) is 6.35. The molecule has 0 heterocycles. The molecule has 0 aliphatic carbocycles. The third kappa shape index (κ3) is 16.4. The molecule has 0 aromatic heterocycles. The van der Waals surface area contributed by atoms with Crippen molar-refractivity contribution in [2.45, 2.75) is 123 Å².